The number of thiol groups is 1. The molecule has 0 bridgehead atoms. The van der Waals surface area contributed by atoms with Gasteiger partial charge in [0.2, 0.25) is 5.95 Å². The van der Waals surface area contributed by atoms with E-state index in [1.807, 2.05) is 0 Å². The Labute approximate surface area is 224 Å². The fourth-order valence-corrected chi connectivity index (χ4v) is 7.47. The number of hydrogen-bond acceptors (Lipinski definition) is 13. The lowest BCUT2D eigenvalue weighted by molar-refractivity contribution is -0.0383. The molecule has 4 aromatic heterocycles. The van der Waals surface area contributed by atoms with Crippen LogP contribution in [0.3, 0.4) is 0 Å². The maximum Gasteiger partial charge on any atom is 0.280 e. The molecule has 39 heavy (non-hydrogen) atoms. The van der Waals surface area contributed by atoms with Crippen LogP contribution in [-0.4, -0.2) is 81.5 Å². The van der Waals surface area contributed by atoms with E-state index in [1.54, 1.807) is 16.8 Å². The van der Waals surface area contributed by atoms with Crippen LogP contribution in [0.5, 0.6) is 0 Å². The third kappa shape index (κ3) is 4.59. The first-order chi connectivity index (χ1) is 18.7. The number of H-pyrrole nitrogens is 1. The number of nitrogens with one attached hydrogen (secondary N) is 1. The standard InChI is InChI=1S/C21H26N9O7PS/c22-16-10-1-2-29(17(10)25-7-24-16)14-4-11(32)12(37-14)6-35-38(34,39)13-3-9(5-31)36-20(13)30-8-26-15-18(30)27-21(23)28-19(15)33/h1-2,7-9,11-14,20,31-32H,3-6H2,(H,34,39)(H2,22,24,25)(H3,23,27,28,33)/t9-,11-,12?,13+,14+,20?,38+/m0/s1. The second kappa shape index (κ2) is 9.85. The molecule has 2 aliphatic rings. The number of aliphatic hydroxyl groups excluding tert-OH is 2. The Hall–Kier alpha value is -3.05. The van der Waals surface area contributed by atoms with Gasteiger partial charge in [0, 0.05) is 12.6 Å². The van der Waals surface area contributed by atoms with Gasteiger partial charge >= 0.3 is 0 Å². The number of hydrogen-bond donors (Lipinski definition) is 6. The van der Waals surface area contributed by atoms with Gasteiger partial charge in [0.1, 0.15) is 36.4 Å². The highest BCUT2D eigenvalue weighted by atomic mass is 32.7. The summed E-state index contributed by atoms with van der Waals surface area (Å²) in [6, 6.07) is 1.76. The molecular weight excluding hydrogens is 553 g/mol. The van der Waals surface area contributed by atoms with Gasteiger partial charge in [-0.3, -0.25) is 18.9 Å². The number of anilines is 2. The number of rotatable bonds is 7. The molecule has 2 unspecified atom stereocenters. The molecule has 7 atom stereocenters. The van der Waals surface area contributed by atoms with Crippen molar-refractivity contribution in [1.82, 2.24) is 34.1 Å². The topological polar surface area (TPSA) is 232 Å². The quantitative estimate of drug-likeness (QED) is 0.127. The van der Waals surface area contributed by atoms with E-state index in [1.165, 1.54) is 17.2 Å². The SMILES string of the molecule is Nc1nc2c(ncn2C2O[C@H](CO)C[C@H]2[P@](=O)(S)OCC2O[C@@H](n3ccc4c(N)ncnc43)C[C@@H]2O)c(=O)[nH]1. The van der Waals surface area contributed by atoms with Crippen LogP contribution in [0.15, 0.2) is 29.7 Å². The van der Waals surface area contributed by atoms with Crippen molar-refractivity contribution in [3.8, 4) is 0 Å². The van der Waals surface area contributed by atoms with Gasteiger partial charge in [0.25, 0.3) is 12.1 Å². The maximum absolute atomic E-state index is 13.8. The van der Waals surface area contributed by atoms with Crippen LogP contribution in [0, 0.1) is 0 Å². The monoisotopic (exact) mass is 579 g/mol. The number of aromatic amines is 1. The van der Waals surface area contributed by atoms with Gasteiger partial charge < -0.3 is 40.2 Å². The highest BCUT2D eigenvalue weighted by molar-refractivity contribution is 8.46. The first-order valence-corrected chi connectivity index (χ1v) is 14.9. The number of aromatic nitrogens is 7. The van der Waals surface area contributed by atoms with Gasteiger partial charge in [0.05, 0.1) is 42.8 Å². The van der Waals surface area contributed by atoms with E-state index >= 15 is 0 Å². The molecule has 0 amide bonds. The van der Waals surface area contributed by atoms with Crippen molar-refractivity contribution in [1.29, 1.82) is 0 Å². The van der Waals surface area contributed by atoms with Gasteiger partial charge in [0.15, 0.2) is 11.2 Å². The summed E-state index contributed by atoms with van der Waals surface area (Å²) >= 11 is 4.38. The fourth-order valence-electron chi connectivity index (χ4n) is 5.06. The number of aliphatic hydroxyl groups is 2. The predicted octanol–water partition coefficient (Wildman–Crippen LogP) is 0.165. The zero-order chi connectivity index (χ0) is 27.5. The summed E-state index contributed by atoms with van der Waals surface area (Å²) in [7, 11) is 0. The minimum Gasteiger partial charge on any atom is -0.394 e. The first-order valence-electron chi connectivity index (χ1n) is 12.0. The minimum absolute atomic E-state index is 0.0204. The molecule has 6 rings (SSSR count). The molecule has 0 aromatic carbocycles. The minimum atomic E-state index is -3.76. The second-order valence-corrected chi connectivity index (χ2v) is 13.1. The van der Waals surface area contributed by atoms with E-state index in [2.05, 4.69) is 37.2 Å². The summed E-state index contributed by atoms with van der Waals surface area (Å²) in [5.41, 5.74) is 10.9. The molecule has 0 radical (unpaired) electrons. The van der Waals surface area contributed by atoms with E-state index in [4.69, 9.17) is 25.5 Å². The van der Waals surface area contributed by atoms with Gasteiger partial charge in [-0.25, -0.2) is 15.0 Å². The molecule has 0 aliphatic carbocycles. The summed E-state index contributed by atoms with van der Waals surface area (Å²) in [6.45, 7) is -4.33. The summed E-state index contributed by atoms with van der Waals surface area (Å²) in [4.78, 5) is 31.1. The Morgan fingerprint density at radius 3 is 2.82 bits per heavy atom. The van der Waals surface area contributed by atoms with Gasteiger partial charge in [-0.05, 0) is 12.5 Å². The Morgan fingerprint density at radius 1 is 1.21 bits per heavy atom. The molecule has 6 heterocycles. The highest BCUT2D eigenvalue weighted by Gasteiger charge is 2.48. The molecule has 2 fully saturated rings. The van der Waals surface area contributed by atoms with Crippen molar-refractivity contribution in [2.24, 2.45) is 0 Å². The zero-order valence-electron chi connectivity index (χ0n) is 20.3. The third-order valence-corrected chi connectivity index (χ3v) is 10.1. The summed E-state index contributed by atoms with van der Waals surface area (Å²) in [5, 5.41) is 21.1. The molecule has 0 saturated carbocycles. The van der Waals surface area contributed by atoms with Crippen LogP contribution in [0.4, 0.5) is 11.8 Å². The van der Waals surface area contributed by atoms with Crippen LogP contribution in [0.2, 0.25) is 0 Å². The van der Waals surface area contributed by atoms with E-state index in [-0.39, 0.29) is 43.2 Å². The first kappa shape index (κ1) is 26.2. The Balaban J connectivity index is 1.20. The van der Waals surface area contributed by atoms with E-state index in [9.17, 15) is 19.6 Å². The summed E-state index contributed by atoms with van der Waals surface area (Å²) in [6.07, 6.45) is 0.871. The van der Waals surface area contributed by atoms with Crippen LogP contribution in [0.25, 0.3) is 22.2 Å². The summed E-state index contributed by atoms with van der Waals surface area (Å²) < 4.78 is 34.7. The number of nitrogens with zero attached hydrogens (tertiary/aromatic N) is 6. The Kier molecular flexibility index (Phi) is 6.61. The molecule has 7 N–H and O–H groups in total. The largest absolute Gasteiger partial charge is 0.394 e. The Morgan fingerprint density at radius 2 is 2.03 bits per heavy atom. The van der Waals surface area contributed by atoms with Crippen LogP contribution in [-0.2, 0) is 18.6 Å². The number of fused-ring (bicyclic) bond motifs is 2. The van der Waals surface area contributed by atoms with Crippen LogP contribution < -0.4 is 17.0 Å². The number of imidazole rings is 1. The normalized spacial score (nSPS) is 28.9. The average molecular weight is 580 g/mol. The van der Waals surface area contributed by atoms with Crippen molar-refractivity contribution in [2.45, 2.75) is 49.3 Å². The zero-order valence-corrected chi connectivity index (χ0v) is 22.1. The summed E-state index contributed by atoms with van der Waals surface area (Å²) in [5.74, 6) is 0.204. The smallest absolute Gasteiger partial charge is 0.280 e. The van der Waals surface area contributed by atoms with E-state index < -0.39 is 48.6 Å². The molecule has 0 spiro atoms. The van der Waals surface area contributed by atoms with Crippen molar-refractivity contribution in [2.75, 3.05) is 24.7 Å². The fraction of sp³-hybridized carbons (Fsp3) is 0.476. The van der Waals surface area contributed by atoms with Gasteiger partial charge in [-0.1, -0.05) is 12.2 Å². The van der Waals surface area contributed by atoms with Crippen LogP contribution in [0.1, 0.15) is 25.3 Å². The molecular formula is C21H26N9O7PS. The highest BCUT2D eigenvalue weighted by Crippen LogP contribution is 2.63. The third-order valence-electron chi connectivity index (χ3n) is 6.99. The van der Waals surface area contributed by atoms with Crippen molar-refractivity contribution < 1.29 is 28.8 Å². The number of nitrogens with two attached hydrogens (primary N) is 2. The van der Waals surface area contributed by atoms with Crippen molar-refractivity contribution >= 4 is 52.8 Å². The Bertz CT molecular complexity index is 1640. The molecule has 18 heteroatoms. The lowest BCUT2D eigenvalue weighted by Gasteiger charge is -2.26. The second-order valence-electron chi connectivity index (χ2n) is 9.42. The van der Waals surface area contributed by atoms with Crippen molar-refractivity contribution in [3.05, 3.63) is 35.3 Å². The molecule has 4 aromatic rings. The van der Waals surface area contributed by atoms with Crippen molar-refractivity contribution in [3.63, 3.8) is 0 Å². The average Bonchev–Trinajstić information content (AvgIpc) is 3.67. The van der Waals surface area contributed by atoms with Gasteiger partial charge in [-0.2, -0.15) is 4.98 Å². The molecule has 2 saturated heterocycles. The predicted molar refractivity (Wildman–Crippen MR) is 141 cm³/mol. The number of nitrogen functional groups attached to an aromatic ring is 2. The van der Waals surface area contributed by atoms with E-state index in [0.29, 0.717) is 16.9 Å². The molecule has 2 aliphatic heterocycles. The maximum atomic E-state index is 13.8. The molecule has 208 valence electrons. The lowest BCUT2D eigenvalue weighted by Crippen LogP contribution is -2.27. The van der Waals surface area contributed by atoms with Gasteiger partial charge in [-0.15, -0.1) is 0 Å². The lowest BCUT2D eigenvalue weighted by atomic mass is 10.2. The number of ether oxygens (including phenoxy) is 2. The molecule has 16 nitrogen and oxygen atoms in total. The van der Waals surface area contributed by atoms with E-state index in [0.717, 1.165) is 0 Å². The van der Waals surface area contributed by atoms with Crippen LogP contribution >= 0.6 is 18.8 Å².